The molecule has 2 aromatic carbocycles. The quantitative estimate of drug-likeness (QED) is 0.608. The molecule has 1 atom stereocenters. The van der Waals surface area contributed by atoms with E-state index in [2.05, 4.69) is 10.3 Å². The predicted octanol–water partition coefficient (Wildman–Crippen LogP) is 3.80. The zero-order chi connectivity index (χ0) is 22.0. The predicted molar refractivity (Wildman–Crippen MR) is 119 cm³/mol. The van der Waals surface area contributed by atoms with Gasteiger partial charge in [-0.15, -0.1) is 0 Å². The molecule has 0 saturated carbocycles. The number of imidazole rings is 1. The minimum absolute atomic E-state index is 0.0268. The number of hydrogen-bond acceptors (Lipinski definition) is 4. The van der Waals surface area contributed by atoms with Gasteiger partial charge in [0.2, 0.25) is 10.0 Å². The van der Waals surface area contributed by atoms with Crippen LogP contribution >= 0.6 is 11.6 Å². The van der Waals surface area contributed by atoms with Crippen molar-refractivity contribution in [3.8, 4) is 5.69 Å². The molecule has 1 amide bonds. The number of hydrogen-bond donors (Lipinski definition) is 1. The number of carbonyl (C=O) groups is 1. The van der Waals surface area contributed by atoms with Gasteiger partial charge < -0.3 is 9.88 Å². The molecule has 9 heteroatoms. The summed E-state index contributed by atoms with van der Waals surface area (Å²) in [6, 6.07) is 11.9. The summed E-state index contributed by atoms with van der Waals surface area (Å²) in [6.45, 7) is 2.82. The second-order valence-electron chi connectivity index (χ2n) is 7.51. The number of amides is 1. The summed E-state index contributed by atoms with van der Waals surface area (Å²) in [5, 5.41) is 3.04. The van der Waals surface area contributed by atoms with Crippen LogP contribution in [0.4, 0.5) is 0 Å². The molecule has 0 aliphatic carbocycles. The average Bonchev–Trinajstić information content (AvgIpc) is 3.48. The molecule has 1 saturated heterocycles. The minimum Gasteiger partial charge on any atom is -0.346 e. The first-order valence-corrected chi connectivity index (χ1v) is 11.9. The monoisotopic (exact) mass is 458 g/mol. The van der Waals surface area contributed by atoms with Crippen molar-refractivity contribution >= 4 is 27.5 Å². The third kappa shape index (κ3) is 4.51. The molecule has 1 fully saturated rings. The summed E-state index contributed by atoms with van der Waals surface area (Å²) in [5.74, 6) is -0.360. The maximum atomic E-state index is 12.9. The van der Waals surface area contributed by atoms with Gasteiger partial charge >= 0.3 is 0 Å². The fourth-order valence-electron chi connectivity index (χ4n) is 3.62. The number of nitrogens with zero attached hydrogens (tertiary/aromatic N) is 3. The second-order valence-corrected chi connectivity index (χ2v) is 9.83. The van der Waals surface area contributed by atoms with Crippen LogP contribution < -0.4 is 5.32 Å². The molecule has 3 aromatic rings. The Morgan fingerprint density at radius 1 is 1.13 bits per heavy atom. The van der Waals surface area contributed by atoms with E-state index in [0.29, 0.717) is 13.1 Å². The fraction of sp³-hybridized carbons (Fsp3) is 0.273. The lowest BCUT2D eigenvalue weighted by atomic mass is 10.1. The molecule has 1 N–H and O–H groups in total. The van der Waals surface area contributed by atoms with Crippen molar-refractivity contribution in [1.82, 2.24) is 19.2 Å². The molecule has 0 unspecified atom stereocenters. The zero-order valence-corrected chi connectivity index (χ0v) is 18.6. The fourth-order valence-corrected chi connectivity index (χ4v) is 5.64. The number of rotatable bonds is 6. The lowest BCUT2D eigenvalue weighted by molar-refractivity contribution is 0.0939. The Kier molecular flexibility index (Phi) is 6.13. The Balaban J connectivity index is 1.50. The Hall–Kier alpha value is -2.68. The number of benzene rings is 2. The molecule has 1 aliphatic heterocycles. The highest BCUT2D eigenvalue weighted by Gasteiger charge is 2.29. The summed E-state index contributed by atoms with van der Waals surface area (Å²) in [7, 11) is -3.72. The Labute approximate surface area is 186 Å². The molecule has 4 rings (SSSR count). The van der Waals surface area contributed by atoms with Crippen molar-refractivity contribution < 1.29 is 13.2 Å². The van der Waals surface area contributed by atoms with E-state index in [-0.39, 0.29) is 27.4 Å². The van der Waals surface area contributed by atoms with Crippen molar-refractivity contribution in [2.24, 2.45) is 0 Å². The maximum Gasteiger partial charge on any atom is 0.251 e. The SMILES string of the molecule is C[C@H](NC(=O)c1ccc(Cl)c(S(=O)(=O)N2CCCC2)c1)c1ccc(-n2ccnc2)cc1. The van der Waals surface area contributed by atoms with Crippen molar-refractivity contribution in [3.63, 3.8) is 0 Å². The van der Waals surface area contributed by atoms with Crippen molar-refractivity contribution in [3.05, 3.63) is 77.3 Å². The molecular formula is C22H23ClN4O3S. The Morgan fingerprint density at radius 2 is 1.84 bits per heavy atom. The van der Waals surface area contributed by atoms with Crippen LogP contribution in [0.15, 0.2) is 66.1 Å². The summed E-state index contributed by atoms with van der Waals surface area (Å²) >= 11 is 6.18. The summed E-state index contributed by atoms with van der Waals surface area (Å²) in [4.78, 5) is 16.8. The molecule has 0 radical (unpaired) electrons. The Bertz CT molecular complexity index is 1170. The highest BCUT2D eigenvalue weighted by Crippen LogP contribution is 2.28. The lowest BCUT2D eigenvalue weighted by Gasteiger charge is -2.18. The largest absolute Gasteiger partial charge is 0.346 e. The van der Waals surface area contributed by atoms with E-state index in [1.165, 1.54) is 22.5 Å². The van der Waals surface area contributed by atoms with Crippen LogP contribution in [0.1, 0.15) is 41.7 Å². The van der Waals surface area contributed by atoms with Gasteiger partial charge in [-0.25, -0.2) is 13.4 Å². The van der Waals surface area contributed by atoms with Gasteiger partial charge in [-0.3, -0.25) is 4.79 Å². The third-order valence-corrected chi connectivity index (χ3v) is 7.80. The van der Waals surface area contributed by atoms with Gasteiger partial charge in [0, 0.05) is 36.7 Å². The normalized spacial score (nSPS) is 15.7. The average molecular weight is 459 g/mol. The van der Waals surface area contributed by atoms with Crippen LogP contribution in [-0.2, 0) is 10.0 Å². The lowest BCUT2D eigenvalue weighted by Crippen LogP contribution is -2.29. The van der Waals surface area contributed by atoms with Gasteiger partial charge in [0.05, 0.1) is 17.4 Å². The van der Waals surface area contributed by atoms with Crippen molar-refractivity contribution in [2.75, 3.05) is 13.1 Å². The van der Waals surface area contributed by atoms with E-state index >= 15 is 0 Å². The van der Waals surface area contributed by atoms with Crippen LogP contribution in [0.3, 0.4) is 0 Å². The molecule has 0 spiro atoms. The first kappa shape index (κ1) is 21.5. The molecule has 162 valence electrons. The molecular weight excluding hydrogens is 436 g/mol. The van der Waals surface area contributed by atoms with Crippen LogP contribution in [-0.4, -0.2) is 41.3 Å². The molecule has 7 nitrogen and oxygen atoms in total. The van der Waals surface area contributed by atoms with Gasteiger partial charge in [-0.1, -0.05) is 23.7 Å². The smallest absolute Gasteiger partial charge is 0.251 e. The maximum absolute atomic E-state index is 12.9. The van der Waals surface area contributed by atoms with E-state index in [1.807, 2.05) is 42.0 Å². The number of halogens is 1. The van der Waals surface area contributed by atoms with E-state index in [1.54, 1.807) is 12.5 Å². The van der Waals surface area contributed by atoms with Crippen LogP contribution in [0.2, 0.25) is 5.02 Å². The number of nitrogens with one attached hydrogen (secondary N) is 1. The van der Waals surface area contributed by atoms with Gasteiger partial charge in [0.1, 0.15) is 4.90 Å². The van der Waals surface area contributed by atoms with E-state index < -0.39 is 10.0 Å². The second kappa shape index (κ2) is 8.82. The van der Waals surface area contributed by atoms with Gasteiger partial charge in [-0.2, -0.15) is 4.31 Å². The van der Waals surface area contributed by atoms with Gasteiger partial charge in [0.15, 0.2) is 0 Å². The summed E-state index contributed by atoms with van der Waals surface area (Å²) in [5.41, 5.74) is 2.15. The first-order valence-electron chi connectivity index (χ1n) is 10.0. The Morgan fingerprint density at radius 3 is 2.48 bits per heavy atom. The number of carbonyl (C=O) groups excluding carboxylic acids is 1. The van der Waals surface area contributed by atoms with E-state index in [0.717, 1.165) is 24.1 Å². The molecule has 2 heterocycles. The van der Waals surface area contributed by atoms with Gasteiger partial charge in [0.25, 0.3) is 5.91 Å². The number of sulfonamides is 1. The minimum atomic E-state index is -3.72. The van der Waals surface area contributed by atoms with Gasteiger partial charge in [-0.05, 0) is 55.7 Å². The van der Waals surface area contributed by atoms with Crippen LogP contribution in [0.5, 0.6) is 0 Å². The molecule has 1 aromatic heterocycles. The number of aromatic nitrogens is 2. The highest BCUT2D eigenvalue weighted by atomic mass is 35.5. The molecule has 31 heavy (non-hydrogen) atoms. The van der Waals surface area contributed by atoms with E-state index in [9.17, 15) is 13.2 Å². The molecule has 1 aliphatic rings. The first-order chi connectivity index (χ1) is 14.9. The van der Waals surface area contributed by atoms with Crippen molar-refractivity contribution in [2.45, 2.75) is 30.7 Å². The topological polar surface area (TPSA) is 84.3 Å². The summed E-state index contributed by atoms with van der Waals surface area (Å²) < 4.78 is 29.1. The summed E-state index contributed by atoms with van der Waals surface area (Å²) in [6.07, 6.45) is 6.94. The standard InChI is InChI=1S/C22H23ClN4O3S/c1-16(17-4-7-19(8-5-17)26-13-10-24-15-26)25-22(28)18-6-9-20(23)21(14-18)31(29,30)27-11-2-3-12-27/h4-10,13-16H,2-3,11-12H2,1H3,(H,25,28)/t16-/m0/s1. The molecule has 0 bridgehead atoms. The van der Waals surface area contributed by atoms with E-state index in [4.69, 9.17) is 11.6 Å². The van der Waals surface area contributed by atoms with Crippen LogP contribution in [0.25, 0.3) is 5.69 Å². The van der Waals surface area contributed by atoms with Crippen molar-refractivity contribution in [1.29, 1.82) is 0 Å². The zero-order valence-electron chi connectivity index (χ0n) is 17.0. The highest BCUT2D eigenvalue weighted by molar-refractivity contribution is 7.89. The van der Waals surface area contributed by atoms with Crippen LogP contribution in [0, 0.1) is 0 Å². The third-order valence-electron chi connectivity index (χ3n) is 5.42.